The van der Waals surface area contributed by atoms with Crippen LogP contribution in [0.3, 0.4) is 0 Å². The Morgan fingerprint density at radius 2 is 2.11 bits per heavy atom. The van der Waals surface area contributed by atoms with Crippen LogP contribution in [0.4, 0.5) is 0 Å². The zero-order chi connectivity index (χ0) is 14.3. The van der Waals surface area contributed by atoms with Gasteiger partial charge in [-0.2, -0.15) is 0 Å². The molecule has 1 aromatic carbocycles. The van der Waals surface area contributed by atoms with E-state index in [2.05, 4.69) is 17.6 Å². The number of nitrogens with one attached hydrogen (secondary N) is 2. The first-order valence-corrected chi connectivity index (χ1v) is 7.22. The van der Waals surface area contributed by atoms with Crippen LogP contribution >= 0.6 is 11.6 Å². The van der Waals surface area contributed by atoms with Crippen molar-refractivity contribution in [3.63, 3.8) is 0 Å². The van der Waals surface area contributed by atoms with Gasteiger partial charge in [0.05, 0.1) is 6.04 Å². The standard InChI is InChI=1S/C15H23ClN2O/c1-4-14(12-7-6-8-13(16)10-12)18-15(19)9-11(3)17-5-2/h6-8,10-11,14,17H,4-5,9H2,1-3H3,(H,18,19). The van der Waals surface area contributed by atoms with Crippen molar-refractivity contribution in [2.45, 2.75) is 45.7 Å². The maximum absolute atomic E-state index is 12.0. The molecule has 0 radical (unpaired) electrons. The summed E-state index contributed by atoms with van der Waals surface area (Å²) in [5.41, 5.74) is 1.06. The van der Waals surface area contributed by atoms with Crippen LogP contribution in [0.1, 0.15) is 45.2 Å². The second-order valence-electron chi connectivity index (χ2n) is 4.75. The van der Waals surface area contributed by atoms with Crippen LogP contribution in [-0.4, -0.2) is 18.5 Å². The Labute approximate surface area is 120 Å². The molecule has 1 amide bonds. The van der Waals surface area contributed by atoms with Gasteiger partial charge in [-0.05, 0) is 37.6 Å². The van der Waals surface area contributed by atoms with Crippen LogP contribution in [0, 0.1) is 0 Å². The smallest absolute Gasteiger partial charge is 0.222 e. The normalized spacial score (nSPS) is 13.9. The summed E-state index contributed by atoms with van der Waals surface area (Å²) in [6, 6.07) is 7.88. The molecule has 2 N–H and O–H groups in total. The number of carbonyl (C=O) groups excluding carboxylic acids is 1. The Kier molecular flexibility index (Phi) is 6.89. The van der Waals surface area contributed by atoms with Gasteiger partial charge in [0.25, 0.3) is 0 Å². The van der Waals surface area contributed by atoms with Gasteiger partial charge in [0.2, 0.25) is 5.91 Å². The zero-order valence-electron chi connectivity index (χ0n) is 11.9. The van der Waals surface area contributed by atoms with E-state index in [1.807, 2.05) is 38.1 Å². The van der Waals surface area contributed by atoms with E-state index in [0.717, 1.165) is 18.5 Å². The monoisotopic (exact) mass is 282 g/mol. The summed E-state index contributed by atoms with van der Waals surface area (Å²) in [7, 11) is 0. The van der Waals surface area contributed by atoms with Gasteiger partial charge < -0.3 is 10.6 Å². The molecule has 0 heterocycles. The minimum absolute atomic E-state index is 0.0278. The molecule has 0 aliphatic rings. The molecule has 1 rings (SSSR count). The predicted molar refractivity (Wildman–Crippen MR) is 80.4 cm³/mol. The second-order valence-corrected chi connectivity index (χ2v) is 5.18. The molecule has 0 bridgehead atoms. The minimum atomic E-state index is 0.0278. The largest absolute Gasteiger partial charge is 0.349 e. The summed E-state index contributed by atoms with van der Waals surface area (Å²) in [5, 5.41) is 7.00. The van der Waals surface area contributed by atoms with E-state index in [-0.39, 0.29) is 18.0 Å². The Bertz CT molecular complexity index is 409. The molecule has 2 atom stereocenters. The third-order valence-electron chi connectivity index (χ3n) is 3.04. The molecular formula is C15H23ClN2O. The van der Waals surface area contributed by atoms with E-state index in [9.17, 15) is 4.79 Å². The van der Waals surface area contributed by atoms with Gasteiger partial charge >= 0.3 is 0 Å². The Morgan fingerprint density at radius 3 is 2.68 bits per heavy atom. The van der Waals surface area contributed by atoms with Crippen molar-refractivity contribution in [2.24, 2.45) is 0 Å². The molecule has 0 aliphatic carbocycles. The molecule has 0 saturated carbocycles. The fourth-order valence-electron chi connectivity index (χ4n) is 2.10. The van der Waals surface area contributed by atoms with E-state index >= 15 is 0 Å². The maximum Gasteiger partial charge on any atom is 0.222 e. The summed E-state index contributed by atoms with van der Waals surface area (Å²) in [4.78, 5) is 12.0. The zero-order valence-corrected chi connectivity index (χ0v) is 12.6. The molecule has 4 heteroatoms. The first kappa shape index (κ1) is 16.0. The van der Waals surface area contributed by atoms with E-state index < -0.39 is 0 Å². The van der Waals surface area contributed by atoms with Crippen LogP contribution in [0.2, 0.25) is 5.02 Å². The number of benzene rings is 1. The number of amides is 1. The molecule has 1 aromatic rings. The van der Waals surface area contributed by atoms with Crippen molar-refractivity contribution in [1.82, 2.24) is 10.6 Å². The Morgan fingerprint density at radius 1 is 1.37 bits per heavy atom. The lowest BCUT2D eigenvalue weighted by Crippen LogP contribution is -2.35. The van der Waals surface area contributed by atoms with Gasteiger partial charge in [-0.3, -0.25) is 4.79 Å². The van der Waals surface area contributed by atoms with Crippen LogP contribution in [-0.2, 0) is 4.79 Å². The number of rotatable bonds is 7. The first-order valence-electron chi connectivity index (χ1n) is 6.85. The number of hydrogen-bond donors (Lipinski definition) is 2. The fraction of sp³-hybridized carbons (Fsp3) is 0.533. The molecule has 0 fully saturated rings. The molecule has 0 saturated heterocycles. The van der Waals surface area contributed by atoms with Gasteiger partial charge in [0.15, 0.2) is 0 Å². The van der Waals surface area contributed by atoms with Crippen LogP contribution in [0.25, 0.3) is 0 Å². The van der Waals surface area contributed by atoms with Crippen LogP contribution < -0.4 is 10.6 Å². The van der Waals surface area contributed by atoms with Crippen molar-refractivity contribution < 1.29 is 4.79 Å². The highest BCUT2D eigenvalue weighted by Crippen LogP contribution is 2.20. The van der Waals surface area contributed by atoms with E-state index in [1.165, 1.54) is 0 Å². The van der Waals surface area contributed by atoms with Crippen molar-refractivity contribution in [1.29, 1.82) is 0 Å². The lowest BCUT2D eigenvalue weighted by Gasteiger charge is -2.19. The predicted octanol–water partition coefficient (Wildman–Crippen LogP) is 3.30. The van der Waals surface area contributed by atoms with Crippen LogP contribution in [0.15, 0.2) is 24.3 Å². The molecule has 106 valence electrons. The Hall–Kier alpha value is -1.06. The molecule has 0 aliphatic heterocycles. The topological polar surface area (TPSA) is 41.1 Å². The highest BCUT2D eigenvalue weighted by molar-refractivity contribution is 6.30. The molecule has 0 spiro atoms. The van der Waals surface area contributed by atoms with Gasteiger partial charge in [-0.1, -0.05) is 37.6 Å². The molecule has 2 unspecified atom stereocenters. The summed E-state index contributed by atoms with van der Waals surface area (Å²) < 4.78 is 0. The Balaban J connectivity index is 2.59. The average molecular weight is 283 g/mol. The highest BCUT2D eigenvalue weighted by Gasteiger charge is 2.14. The SMILES string of the molecule is CCNC(C)CC(=O)NC(CC)c1cccc(Cl)c1. The highest BCUT2D eigenvalue weighted by atomic mass is 35.5. The minimum Gasteiger partial charge on any atom is -0.349 e. The first-order chi connectivity index (χ1) is 9.06. The van der Waals surface area contributed by atoms with Crippen molar-refractivity contribution in [2.75, 3.05) is 6.54 Å². The maximum atomic E-state index is 12.0. The average Bonchev–Trinajstić information content (AvgIpc) is 2.36. The lowest BCUT2D eigenvalue weighted by molar-refractivity contribution is -0.122. The molecule has 0 aromatic heterocycles. The van der Waals surface area contributed by atoms with Gasteiger partial charge in [0.1, 0.15) is 0 Å². The number of halogens is 1. The second kappa shape index (κ2) is 8.18. The van der Waals surface area contributed by atoms with Crippen molar-refractivity contribution in [3.8, 4) is 0 Å². The summed E-state index contributed by atoms with van der Waals surface area (Å²) in [6.45, 7) is 6.98. The fourth-order valence-corrected chi connectivity index (χ4v) is 2.30. The third kappa shape index (κ3) is 5.62. The summed E-state index contributed by atoms with van der Waals surface area (Å²) in [6.07, 6.45) is 1.34. The van der Waals surface area contributed by atoms with Gasteiger partial charge in [-0.25, -0.2) is 0 Å². The molecular weight excluding hydrogens is 260 g/mol. The van der Waals surface area contributed by atoms with E-state index in [4.69, 9.17) is 11.6 Å². The third-order valence-corrected chi connectivity index (χ3v) is 3.27. The van der Waals surface area contributed by atoms with Crippen molar-refractivity contribution >= 4 is 17.5 Å². The van der Waals surface area contributed by atoms with Crippen molar-refractivity contribution in [3.05, 3.63) is 34.9 Å². The van der Waals surface area contributed by atoms with Crippen LogP contribution in [0.5, 0.6) is 0 Å². The summed E-state index contributed by atoms with van der Waals surface area (Å²) >= 11 is 5.99. The van der Waals surface area contributed by atoms with E-state index in [1.54, 1.807) is 0 Å². The molecule has 3 nitrogen and oxygen atoms in total. The van der Waals surface area contributed by atoms with Gasteiger partial charge in [-0.15, -0.1) is 0 Å². The quantitative estimate of drug-likeness (QED) is 0.806. The summed E-state index contributed by atoms with van der Waals surface area (Å²) in [5.74, 6) is 0.0697. The lowest BCUT2D eigenvalue weighted by atomic mass is 10.0. The van der Waals surface area contributed by atoms with Gasteiger partial charge in [0, 0.05) is 17.5 Å². The number of carbonyl (C=O) groups is 1. The molecule has 19 heavy (non-hydrogen) atoms. The number of hydrogen-bond acceptors (Lipinski definition) is 2. The van der Waals surface area contributed by atoms with E-state index in [0.29, 0.717) is 11.4 Å².